The Hall–Kier alpha value is -3.41. The average Bonchev–Trinajstić information content (AvgIpc) is 3.31. The maximum Gasteiger partial charge on any atom is 0.251 e. The maximum atomic E-state index is 12.5. The molecule has 2 aromatic carbocycles. The zero-order valence-electron chi connectivity index (χ0n) is 17.4. The molecule has 154 valence electrons. The van der Waals surface area contributed by atoms with Gasteiger partial charge in [0.2, 0.25) is 5.91 Å². The molecule has 1 fully saturated rings. The van der Waals surface area contributed by atoms with E-state index in [1.54, 1.807) is 0 Å². The maximum absolute atomic E-state index is 12.5. The lowest BCUT2D eigenvalue weighted by atomic mass is 10.1. The fraction of sp³-hybridized carbons (Fsp3) is 0.292. The van der Waals surface area contributed by atoms with E-state index in [0.717, 1.165) is 41.2 Å². The van der Waals surface area contributed by atoms with Gasteiger partial charge in [0, 0.05) is 36.5 Å². The fourth-order valence-corrected chi connectivity index (χ4v) is 3.81. The first-order valence-corrected chi connectivity index (χ1v) is 10.3. The fourth-order valence-electron chi connectivity index (χ4n) is 3.81. The van der Waals surface area contributed by atoms with Crippen molar-refractivity contribution in [3.63, 3.8) is 0 Å². The van der Waals surface area contributed by atoms with Crippen molar-refractivity contribution in [2.75, 3.05) is 11.4 Å². The van der Waals surface area contributed by atoms with Gasteiger partial charge in [-0.25, -0.2) is 0 Å². The number of rotatable bonds is 6. The molecule has 1 aromatic heterocycles. The monoisotopic (exact) mass is 402 g/mol. The number of anilines is 1. The zero-order chi connectivity index (χ0) is 21.1. The highest BCUT2D eigenvalue weighted by molar-refractivity contribution is 5.95. The van der Waals surface area contributed by atoms with Crippen molar-refractivity contribution < 1.29 is 9.59 Å². The van der Waals surface area contributed by atoms with Crippen molar-refractivity contribution in [1.82, 2.24) is 15.1 Å². The van der Waals surface area contributed by atoms with Crippen molar-refractivity contribution in [2.45, 2.75) is 39.8 Å². The number of carbonyl (C=O) groups is 2. The SMILES string of the molecule is Cc1cc(C)n(Cc2ccc(C(=O)NCc3cccc(N4CCCC4=O)c3)cc2)n1. The molecule has 0 radical (unpaired) electrons. The predicted octanol–water partition coefficient (Wildman–Crippen LogP) is 3.61. The smallest absolute Gasteiger partial charge is 0.251 e. The molecule has 6 heteroatoms. The van der Waals surface area contributed by atoms with Gasteiger partial charge < -0.3 is 10.2 Å². The minimum Gasteiger partial charge on any atom is -0.348 e. The second-order valence-electron chi connectivity index (χ2n) is 7.78. The molecule has 1 aliphatic heterocycles. The molecule has 0 atom stereocenters. The molecule has 6 nitrogen and oxygen atoms in total. The number of hydrogen-bond donors (Lipinski definition) is 1. The van der Waals surface area contributed by atoms with Crippen LogP contribution in [0.1, 0.15) is 45.7 Å². The Balaban J connectivity index is 1.36. The molecule has 0 aliphatic carbocycles. The van der Waals surface area contributed by atoms with Crippen LogP contribution in [0.5, 0.6) is 0 Å². The minimum absolute atomic E-state index is 0.115. The minimum atomic E-state index is -0.115. The molecule has 4 rings (SSSR count). The first-order chi connectivity index (χ1) is 14.5. The molecule has 30 heavy (non-hydrogen) atoms. The quantitative estimate of drug-likeness (QED) is 0.685. The van der Waals surface area contributed by atoms with Gasteiger partial charge >= 0.3 is 0 Å². The van der Waals surface area contributed by atoms with Gasteiger partial charge in [0.25, 0.3) is 5.91 Å². The molecule has 2 amide bonds. The van der Waals surface area contributed by atoms with Crippen LogP contribution in [0.25, 0.3) is 0 Å². The van der Waals surface area contributed by atoms with Crippen LogP contribution in [-0.4, -0.2) is 28.1 Å². The second-order valence-corrected chi connectivity index (χ2v) is 7.78. The summed E-state index contributed by atoms with van der Waals surface area (Å²) in [5.41, 5.74) is 5.71. The molecule has 0 spiro atoms. The largest absolute Gasteiger partial charge is 0.348 e. The Kier molecular flexibility index (Phi) is 5.65. The van der Waals surface area contributed by atoms with Crippen LogP contribution in [0.2, 0.25) is 0 Å². The normalized spacial score (nSPS) is 13.7. The summed E-state index contributed by atoms with van der Waals surface area (Å²) >= 11 is 0. The van der Waals surface area contributed by atoms with Crippen LogP contribution >= 0.6 is 0 Å². The molecular weight excluding hydrogens is 376 g/mol. The van der Waals surface area contributed by atoms with Gasteiger partial charge in [-0.3, -0.25) is 14.3 Å². The van der Waals surface area contributed by atoms with Gasteiger partial charge in [-0.05, 0) is 61.7 Å². The number of aromatic nitrogens is 2. The van der Waals surface area contributed by atoms with E-state index >= 15 is 0 Å². The van der Waals surface area contributed by atoms with Gasteiger partial charge in [-0.1, -0.05) is 24.3 Å². The van der Waals surface area contributed by atoms with Crippen molar-refractivity contribution in [1.29, 1.82) is 0 Å². The Morgan fingerprint density at radius 1 is 1.07 bits per heavy atom. The summed E-state index contributed by atoms with van der Waals surface area (Å²) in [4.78, 5) is 26.3. The van der Waals surface area contributed by atoms with Gasteiger partial charge in [-0.15, -0.1) is 0 Å². The summed E-state index contributed by atoms with van der Waals surface area (Å²) in [6.07, 6.45) is 1.51. The van der Waals surface area contributed by atoms with Crippen LogP contribution in [0.4, 0.5) is 5.69 Å². The van der Waals surface area contributed by atoms with E-state index in [-0.39, 0.29) is 11.8 Å². The molecule has 3 aromatic rings. The van der Waals surface area contributed by atoms with Crippen LogP contribution in [0, 0.1) is 13.8 Å². The van der Waals surface area contributed by atoms with Crippen LogP contribution in [0.3, 0.4) is 0 Å². The number of benzene rings is 2. The number of carbonyl (C=O) groups excluding carboxylic acids is 2. The molecule has 0 saturated carbocycles. The average molecular weight is 402 g/mol. The highest BCUT2D eigenvalue weighted by atomic mass is 16.2. The Morgan fingerprint density at radius 3 is 2.53 bits per heavy atom. The molecular formula is C24H26N4O2. The standard InChI is InChI=1S/C24H26N4O2/c1-17-13-18(2)28(26-17)16-19-8-10-21(11-9-19)24(30)25-15-20-5-3-6-22(14-20)27-12-4-7-23(27)29/h3,5-6,8-11,13-14H,4,7,12,15-16H2,1-2H3,(H,25,30). The van der Waals surface area contributed by atoms with E-state index in [4.69, 9.17) is 0 Å². The Morgan fingerprint density at radius 2 is 1.87 bits per heavy atom. The number of amides is 2. The summed E-state index contributed by atoms with van der Waals surface area (Å²) in [5, 5.41) is 7.45. The van der Waals surface area contributed by atoms with Gasteiger partial charge in [-0.2, -0.15) is 5.10 Å². The van der Waals surface area contributed by atoms with E-state index in [1.807, 2.05) is 72.0 Å². The van der Waals surface area contributed by atoms with Crippen molar-refractivity contribution in [3.8, 4) is 0 Å². The van der Waals surface area contributed by atoms with Crippen molar-refractivity contribution in [2.24, 2.45) is 0 Å². The van der Waals surface area contributed by atoms with Crippen molar-refractivity contribution >= 4 is 17.5 Å². The highest BCUT2D eigenvalue weighted by Gasteiger charge is 2.21. The molecule has 1 N–H and O–H groups in total. The summed E-state index contributed by atoms with van der Waals surface area (Å²) in [7, 11) is 0. The first-order valence-electron chi connectivity index (χ1n) is 10.3. The lowest BCUT2D eigenvalue weighted by molar-refractivity contribution is -0.117. The van der Waals surface area contributed by atoms with Gasteiger partial charge in [0.05, 0.1) is 12.2 Å². The molecule has 1 saturated heterocycles. The Labute approximate surface area is 176 Å². The molecule has 2 heterocycles. The molecule has 0 bridgehead atoms. The second kappa shape index (κ2) is 8.53. The number of nitrogens with zero attached hydrogens (tertiary/aromatic N) is 3. The zero-order valence-corrected chi connectivity index (χ0v) is 17.4. The van der Waals surface area contributed by atoms with E-state index in [9.17, 15) is 9.59 Å². The topological polar surface area (TPSA) is 67.2 Å². The van der Waals surface area contributed by atoms with E-state index in [2.05, 4.69) is 16.5 Å². The highest BCUT2D eigenvalue weighted by Crippen LogP contribution is 2.22. The number of hydrogen-bond acceptors (Lipinski definition) is 3. The van der Waals surface area contributed by atoms with E-state index < -0.39 is 0 Å². The number of aryl methyl sites for hydroxylation is 2. The first kappa shape index (κ1) is 19.9. The third kappa shape index (κ3) is 4.43. The lowest BCUT2D eigenvalue weighted by Gasteiger charge is -2.16. The van der Waals surface area contributed by atoms with Crippen molar-refractivity contribution in [3.05, 3.63) is 82.7 Å². The third-order valence-electron chi connectivity index (χ3n) is 5.40. The third-order valence-corrected chi connectivity index (χ3v) is 5.40. The van der Waals surface area contributed by atoms with Crippen LogP contribution in [-0.2, 0) is 17.9 Å². The van der Waals surface area contributed by atoms with E-state index in [1.165, 1.54) is 0 Å². The van der Waals surface area contributed by atoms with E-state index in [0.29, 0.717) is 25.1 Å². The van der Waals surface area contributed by atoms with Crippen LogP contribution < -0.4 is 10.2 Å². The molecule has 1 aliphatic rings. The lowest BCUT2D eigenvalue weighted by Crippen LogP contribution is -2.25. The summed E-state index contributed by atoms with van der Waals surface area (Å²) < 4.78 is 1.96. The predicted molar refractivity (Wildman–Crippen MR) is 116 cm³/mol. The van der Waals surface area contributed by atoms with Crippen LogP contribution in [0.15, 0.2) is 54.6 Å². The van der Waals surface area contributed by atoms with Gasteiger partial charge in [0.15, 0.2) is 0 Å². The summed E-state index contributed by atoms with van der Waals surface area (Å²) in [6, 6.07) is 17.5. The summed E-state index contributed by atoms with van der Waals surface area (Å²) in [6.45, 7) is 5.89. The molecule has 0 unspecified atom stereocenters. The van der Waals surface area contributed by atoms with Gasteiger partial charge in [0.1, 0.15) is 0 Å². The summed E-state index contributed by atoms with van der Waals surface area (Å²) in [5.74, 6) is 0.0482. The Bertz CT molecular complexity index is 1070. The number of nitrogens with one attached hydrogen (secondary N) is 1.